The number of phosphoric acid groups is 1. The number of rotatable bonds is 20. The first-order valence-corrected chi connectivity index (χ1v) is 11.2. The maximum Gasteiger partial charge on any atom is 0.469 e. The number of allylic oxidation sites excluding steroid dienone is 1. The molecule has 0 radical (unpaired) electrons. The summed E-state index contributed by atoms with van der Waals surface area (Å²) < 4.78 is 30.4. The van der Waals surface area contributed by atoms with Crippen LogP contribution >= 0.6 is 7.82 Å². The van der Waals surface area contributed by atoms with E-state index in [1.807, 2.05) is 0 Å². The predicted molar refractivity (Wildman–Crippen MR) is 102 cm³/mol. The number of phosphoric ester groups is 1. The molecule has 8 heteroatoms. The molecule has 26 heavy (non-hydrogen) atoms. The van der Waals surface area contributed by atoms with Crippen LogP contribution in [0.15, 0.2) is 12.3 Å². The number of hydrogen-bond donors (Lipinski definition) is 2. The van der Waals surface area contributed by atoms with Gasteiger partial charge in [-0.05, 0) is 18.9 Å². The minimum Gasteiger partial charge on any atom is -0.499 e. The summed E-state index contributed by atoms with van der Waals surface area (Å²) in [6, 6.07) is 0. The molecule has 0 heterocycles. The van der Waals surface area contributed by atoms with Crippen LogP contribution in [0.2, 0.25) is 0 Å². The third kappa shape index (κ3) is 23.6. The molecular formula is C18H37O7P. The largest absolute Gasteiger partial charge is 0.499 e. The van der Waals surface area contributed by atoms with Crippen LogP contribution in [0.4, 0.5) is 0 Å². The second-order valence-corrected chi connectivity index (χ2v) is 7.29. The Morgan fingerprint density at radius 3 is 1.92 bits per heavy atom. The molecule has 0 aliphatic heterocycles. The van der Waals surface area contributed by atoms with Gasteiger partial charge >= 0.3 is 7.82 Å². The van der Waals surface area contributed by atoms with Crippen LogP contribution in [0.5, 0.6) is 0 Å². The van der Waals surface area contributed by atoms with Gasteiger partial charge in [-0.15, -0.1) is 0 Å². The van der Waals surface area contributed by atoms with Crippen LogP contribution in [-0.4, -0.2) is 49.4 Å². The Morgan fingerprint density at radius 1 is 0.769 bits per heavy atom. The van der Waals surface area contributed by atoms with E-state index in [4.69, 9.17) is 24.0 Å². The van der Waals surface area contributed by atoms with Crippen molar-refractivity contribution < 1.29 is 33.1 Å². The van der Waals surface area contributed by atoms with E-state index in [-0.39, 0.29) is 13.2 Å². The molecule has 0 aromatic rings. The van der Waals surface area contributed by atoms with Crippen LogP contribution in [0.25, 0.3) is 0 Å². The number of unbranched alkanes of at least 4 members (excludes halogenated alkanes) is 8. The lowest BCUT2D eigenvalue weighted by Crippen LogP contribution is -2.10. The number of hydrogen-bond acceptors (Lipinski definition) is 5. The third-order valence-electron chi connectivity index (χ3n) is 3.62. The normalized spacial score (nSPS) is 12.1. The summed E-state index contributed by atoms with van der Waals surface area (Å²) in [5.74, 6) is 0. The highest BCUT2D eigenvalue weighted by atomic mass is 31.2. The van der Waals surface area contributed by atoms with E-state index in [2.05, 4.69) is 17.5 Å². The predicted octanol–water partition coefficient (Wildman–Crippen LogP) is 4.19. The van der Waals surface area contributed by atoms with Crippen molar-refractivity contribution in [2.45, 2.75) is 64.7 Å². The van der Waals surface area contributed by atoms with Gasteiger partial charge in [0.15, 0.2) is 0 Å². The maximum absolute atomic E-state index is 10.4. The molecule has 7 nitrogen and oxygen atoms in total. The fraction of sp³-hybridized carbons (Fsp3) is 0.889. The molecule has 0 amide bonds. The van der Waals surface area contributed by atoms with Crippen molar-refractivity contribution in [1.82, 2.24) is 0 Å². The fourth-order valence-corrected chi connectivity index (χ4v) is 2.56. The van der Waals surface area contributed by atoms with Crippen LogP contribution < -0.4 is 0 Å². The molecule has 0 fully saturated rings. The maximum atomic E-state index is 10.4. The van der Waals surface area contributed by atoms with Crippen molar-refractivity contribution in [2.24, 2.45) is 0 Å². The molecule has 0 spiro atoms. The molecular weight excluding hydrogens is 359 g/mol. The zero-order valence-electron chi connectivity index (χ0n) is 16.1. The molecule has 156 valence electrons. The molecule has 0 saturated carbocycles. The van der Waals surface area contributed by atoms with Crippen molar-refractivity contribution in [3.63, 3.8) is 0 Å². The van der Waals surface area contributed by atoms with Crippen molar-refractivity contribution in [3.05, 3.63) is 12.3 Å². The molecule has 0 bridgehead atoms. The van der Waals surface area contributed by atoms with Gasteiger partial charge in [-0.2, -0.15) is 0 Å². The summed E-state index contributed by atoms with van der Waals surface area (Å²) in [5, 5.41) is 0. The van der Waals surface area contributed by atoms with Crippen molar-refractivity contribution in [1.29, 1.82) is 0 Å². The van der Waals surface area contributed by atoms with Gasteiger partial charge in [-0.1, -0.05) is 51.9 Å². The standard InChI is InChI=1S/C18H37O7P/c1-2-3-4-5-6-7-8-9-10-11-12-22-13-14-23-15-16-24-17-18-25-26(19,20)21/h11-12H,2-10,13-18H2,1H3,(H2,19,20,21). The molecule has 2 N–H and O–H groups in total. The van der Waals surface area contributed by atoms with Gasteiger partial charge in [-0.25, -0.2) is 4.57 Å². The van der Waals surface area contributed by atoms with E-state index in [0.29, 0.717) is 26.4 Å². The first-order valence-electron chi connectivity index (χ1n) is 9.68. The minimum absolute atomic E-state index is 0.118. The molecule has 0 atom stereocenters. The molecule has 0 aliphatic carbocycles. The van der Waals surface area contributed by atoms with E-state index in [1.54, 1.807) is 6.26 Å². The monoisotopic (exact) mass is 396 g/mol. The first kappa shape index (κ1) is 25.6. The van der Waals surface area contributed by atoms with E-state index < -0.39 is 7.82 Å². The van der Waals surface area contributed by atoms with Gasteiger partial charge in [-0.3, -0.25) is 4.52 Å². The van der Waals surface area contributed by atoms with Crippen molar-refractivity contribution >= 4 is 7.82 Å². The zero-order chi connectivity index (χ0) is 19.3. The highest BCUT2D eigenvalue weighted by molar-refractivity contribution is 7.46. The van der Waals surface area contributed by atoms with Crippen LogP contribution in [-0.2, 0) is 23.3 Å². The SMILES string of the molecule is CCCCCCCCCCC=COCCOCCOCCOP(=O)(O)O. The van der Waals surface area contributed by atoms with Gasteiger partial charge in [0.2, 0.25) is 0 Å². The van der Waals surface area contributed by atoms with Crippen molar-refractivity contribution in [2.75, 3.05) is 39.6 Å². The summed E-state index contributed by atoms with van der Waals surface area (Å²) in [6.45, 7) is 3.94. The third-order valence-corrected chi connectivity index (χ3v) is 4.14. The Labute approximate surface area is 158 Å². The van der Waals surface area contributed by atoms with Crippen LogP contribution in [0.3, 0.4) is 0 Å². The van der Waals surface area contributed by atoms with E-state index >= 15 is 0 Å². The molecule has 0 aliphatic rings. The lowest BCUT2D eigenvalue weighted by Gasteiger charge is -2.07. The molecule has 0 unspecified atom stereocenters. The van der Waals surface area contributed by atoms with Gasteiger partial charge in [0, 0.05) is 0 Å². The lowest BCUT2D eigenvalue weighted by atomic mass is 10.1. The quantitative estimate of drug-likeness (QED) is 0.181. The minimum atomic E-state index is -4.39. The van der Waals surface area contributed by atoms with Crippen molar-refractivity contribution in [3.8, 4) is 0 Å². The first-order chi connectivity index (χ1) is 12.6. The highest BCUT2D eigenvalue weighted by Gasteiger charge is 2.12. The summed E-state index contributed by atoms with van der Waals surface area (Å²) in [7, 11) is -4.39. The van der Waals surface area contributed by atoms with E-state index in [1.165, 1.54) is 51.4 Å². The summed E-state index contributed by atoms with van der Waals surface area (Å²) in [5.41, 5.74) is 0. The average molecular weight is 396 g/mol. The lowest BCUT2D eigenvalue weighted by molar-refractivity contribution is 0.0198. The highest BCUT2D eigenvalue weighted by Crippen LogP contribution is 2.35. The smallest absolute Gasteiger partial charge is 0.469 e. The Balaban J connectivity index is 3.12. The Hall–Kier alpha value is -0.430. The molecule has 0 rings (SSSR count). The molecule has 0 aromatic carbocycles. The van der Waals surface area contributed by atoms with Crippen LogP contribution in [0, 0.1) is 0 Å². The Morgan fingerprint density at radius 2 is 1.31 bits per heavy atom. The average Bonchev–Trinajstić information content (AvgIpc) is 2.59. The Bertz CT molecular complexity index is 357. The summed E-state index contributed by atoms with van der Waals surface area (Å²) in [6.07, 6.45) is 15.5. The van der Waals surface area contributed by atoms with Gasteiger partial charge < -0.3 is 24.0 Å². The second kappa shape index (κ2) is 19.3. The molecule has 0 saturated heterocycles. The van der Waals surface area contributed by atoms with Gasteiger partial charge in [0.25, 0.3) is 0 Å². The second-order valence-electron chi connectivity index (χ2n) is 6.05. The fourth-order valence-electron chi connectivity index (χ4n) is 2.24. The van der Waals surface area contributed by atoms with Crippen LogP contribution in [0.1, 0.15) is 64.7 Å². The molecule has 0 aromatic heterocycles. The van der Waals surface area contributed by atoms with E-state index in [0.717, 1.165) is 6.42 Å². The summed E-state index contributed by atoms with van der Waals surface area (Å²) in [4.78, 5) is 16.9. The van der Waals surface area contributed by atoms with Gasteiger partial charge in [0.05, 0.1) is 39.3 Å². The summed E-state index contributed by atoms with van der Waals surface area (Å²) >= 11 is 0. The van der Waals surface area contributed by atoms with Gasteiger partial charge in [0.1, 0.15) is 6.61 Å². The Kier molecular flexibility index (Phi) is 19.0. The zero-order valence-corrected chi connectivity index (χ0v) is 17.0. The topological polar surface area (TPSA) is 94.5 Å². The van der Waals surface area contributed by atoms with E-state index in [9.17, 15) is 4.57 Å². The number of ether oxygens (including phenoxy) is 3.